The van der Waals surface area contributed by atoms with Gasteiger partial charge in [-0.25, -0.2) is 14.2 Å². The number of benzene rings is 2. The zero-order valence-corrected chi connectivity index (χ0v) is 14.6. The number of thiazole rings is 1. The highest BCUT2D eigenvalue weighted by molar-refractivity contribution is 7.17. The van der Waals surface area contributed by atoms with E-state index in [0.717, 1.165) is 11.3 Å². The van der Waals surface area contributed by atoms with Crippen molar-refractivity contribution < 1.29 is 14.0 Å². The number of carbonyl (C=O) groups excluding carboxylic acids is 2. The van der Waals surface area contributed by atoms with Gasteiger partial charge in [0.1, 0.15) is 10.7 Å². The summed E-state index contributed by atoms with van der Waals surface area (Å²) in [4.78, 5) is 28.9. The Balaban J connectivity index is 1.66. The van der Waals surface area contributed by atoms with Crippen LogP contribution in [0.25, 0.3) is 0 Å². The highest BCUT2D eigenvalue weighted by Gasteiger charge is 2.17. The fourth-order valence-corrected chi connectivity index (χ4v) is 3.05. The molecule has 0 saturated carbocycles. The van der Waals surface area contributed by atoms with Crippen LogP contribution in [0.2, 0.25) is 0 Å². The molecule has 0 saturated heterocycles. The molecule has 3 N–H and O–H groups in total. The summed E-state index contributed by atoms with van der Waals surface area (Å²) in [5.41, 5.74) is 1.46. The summed E-state index contributed by atoms with van der Waals surface area (Å²) in [5.74, 6) is -0.856. The lowest BCUT2D eigenvalue weighted by atomic mass is 10.3. The van der Waals surface area contributed by atoms with Crippen LogP contribution in [0.5, 0.6) is 0 Å². The number of aryl methyl sites for hydroxylation is 1. The largest absolute Gasteiger partial charge is 0.325 e. The van der Waals surface area contributed by atoms with Gasteiger partial charge in [0.2, 0.25) is 0 Å². The van der Waals surface area contributed by atoms with Crippen molar-refractivity contribution in [2.45, 2.75) is 6.92 Å². The normalized spacial score (nSPS) is 10.2. The average molecular weight is 370 g/mol. The van der Waals surface area contributed by atoms with Crippen molar-refractivity contribution in [1.29, 1.82) is 0 Å². The minimum atomic E-state index is -0.456. The molecule has 3 rings (SSSR count). The van der Waals surface area contributed by atoms with Gasteiger partial charge in [0.05, 0.1) is 5.69 Å². The average Bonchev–Trinajstić information content (AvgIpc) is 2.96. The Morgan fingerprint density at radius 3 is 2.42 bits per heavy atom. The molecule has 3 aromatic rings. The Hall–Kier alpha value is -3.26. The first-order valence-corrected chi connectivity index (χ1v) is 8.50. The number of halogens is 1. The summed E-state index contributed by atoms with van der Waals surface area (Å²) in [7, 11) is 0. The molecule has 0 spiro atoms. The van der Waals surface area contributed by atoms with E-state index in [-0.39, 0.29) is 0 Å². The predicted molar refractivity (Wildman–Crippen MR) is 100 cm³/mol. The summed E-state index contributed by atoms with van der Waals surface area (Å²) < 4.78 is 13.2. The molecule has 2 aromatic carbocycles. The Labute approximate surface area is 153 Å². The van der Waals surface area contributed by atoms with E-state index in [0.29, 0.717) is 27.1 Å². The third-order valence-electron chi connectivity index (χ3n) is 3.34. The van der Waals surface area contributed by atoms with E-state index >= 15 is 0 Å². The van der Waals surface area contributed by atoms with Crippen molar-refractivity contribution in [2.75, 3.05) is 16.0 Å². The molecular weight excluding hydrogens is 355 g/mol. The zero-order valence-electron chi connectivity index (χ0n) is 13.7. The fraction of sp³-hybridized carbons (Fsp3) is 0.0556. The molecule has 132 valence electrons. The number of rotatable bonds is 4. The number of amides is 3. The lowest BCUT2D eigenvalue weighted by Crippen LogP contribution is -2.19. The summed E-state index contributed by atoms with van der Waals surface area (Å²) in [5, 5.41) is 8.17. The van der Waals surface area contributed by atoms with E-state index in [1.54, 1.807) is 37.3 Å². The van der Waals surface area contributed by atoms with E-state index in [1.807, 2.05) is 6.07 Å². The van der Waals surface area contributed by atoms with E-state index in [1.165, 1.54) is 18.2 Å². The number of para-hydroxylation sites is 1. The van der Waals surface area contributed by atoms with E-state index in [4.69, 9.17) is 0 Å². The quantitative estimate of drug-likeness (QED) is 0.633. The topological polar surface area (TPSA) is 83.1 Å². The van der Waals surface area contributed by atoms with Gasteiger partial charge in [-0.3, -0.25) is 10.1 Å². The van der Waals surface area contributed by atoms with Crippen molar-refractivity contribution in [3.05, 3.63) is 71.0 Å². The van der Waals surface area contributed by atoms with Crippen LogP contribution in [-0.2, 0) is 0 Å². The van der Waals surface area contributed by atoms with Gasteiger partial charge in [0.15, 0.2) is 5.13 Å². The molecule has 0 aliphatic rings. The zero-order chi connectivity index (χ0) is 18.5. The number of nitrogens with zero attached hydrogens (tertiary/aromatic N) is 1. The number of carbonyl (C=O) groups is 2. The highest BCUT2D eigenvalue weighted by Crippen LogP contribution is 2.24. The van der Waals surface area contributed by atoms with Gasteiger partial charge in [-0.1, -0.05) is 35.6 Å². The number of hydrogen-bond donors (Lipinski definition) is 3. The van der Waals surface area contributed by atoms with Crippen molar-refractivity contribution in [3.8, 4) is 0 Å². The van der Waals surface area contributed by atoms with Gasteiger partial charge in [-0.15, -0.1) is 0 Å². The van der Waals surface area contributed by atoms with E-state index in [9.17, 15) is 14.0 Å². The van der Waals surface area contributed by atoms with Crippen LogP contribution >= 0.6 is 11.3 Å². The lowest BCUT2D eigenvalue weighted by Gasteiger charge is -2.04. The predicted octanol–water partition coefficient (Wildman–Crippen LogP) is 4.49. The molecule has 0 aliphatic carbocycles. The van der Waals surface area contributed by atoms with Gasteiger partial charge < -0.3 is 10.6 Å². The Kier molecular flexibility index (Phi) is 5.23. The minimum Gasteiger partial charge on any atom is -0.321 e. The summed E-state index contributed by atoms with van der Waals surface area (Å²) in [6.07, 6.45) is 0. The standard InChI is InChI=1S/C18H15FN4O2S/c1-11-15(16(24)21-14-9-5-6-12(19)10-14)26-18(20-11)23-17(25)22-13-7-3-2-4-8-13/h2-10H,1H3,(H,21,24)(H2,20,22,23,25). The van der Waals surface area contributed by atoms with Crippen LogP contribution in [0.1, 0.15) is 15.4 Å². The maximum absolute atomic E-state index is 13.2. The van der Waals surface area contributed by atoms with Gasteiger partial charge in [-0.05, 0) is 37.3 Å². The summed E-state index contributed by atoms with van der Waals surface area (Å²) >= 11 is 1.04. The van der Waals surface area contributed by atoms with Crippen molar-refractivity contribution in [2.24, 2.45) is 0 Å². The Morgan fingerprint density at radius 1 is 0.962 bits per heavy atom. The van der Waals surface area contributed by atoms with Crippen molar-refractivity contribution >= 4 is 39.8 Å². The third-order valence-corrected chi connectivity index (χ3v) is 4.41. The minimum absolute atomic E-state index is 0.292. The van der Waals surface area contributed by atoms with Crippen LogP contribution in [0.3, 0.4) is 0 Å². The van der Waals surface area contributed by atoms with Crippen LogP contribution in [0.15, 0.2) is 54.6 Å². The molecular formula is C18H15FN4O2S. The van der Waals surface area contributed by atoms with Gasteiger partial charge in [0, 0.05) is 11.4 Å². The van der Waals surface area contributed by atoms with Gasteiger partial charge >= 0.3 is 6.03 Å². The molecule has 0 atom stereocenters. The third kappa shape index (κ3) is 4.42. The second-order valence-corrected chi connectivity index (χ2v) is 6.34. The number of hydrogen-bond acceptors (Lipinski definition) is 4. The number of aromatic nitrogens is 1. The highest BCUT2D eigenvalue weighted by atomic mass is 32.1. The van der Waals surface area contributed by atoms with Crippen molar-refractivity contribution in [3.63, 3.8) is 0 Å². The number of nitrogens with one attached hydrogen (secondary N) is 3. The monoisotopic (exact) mass is 370 g/mol. The summed E-state index contributed by atoms with van der Waals surface area (Å²) in [6.45, 7) is 1.66. The summed E-state index contributed by atoms with van der Waals surface area (Å²) in [6, 6.07) is 14.1. The molecule has 8 heteroatoms. The molecule has 6 nitrogen and oxygen atoms in total. The SMILES string of the molecule is Cc1nc(NC(=O)Nc2ccccc2)sc1C(=O)Nc1cccc(F)c1. The first kappa shape index (κ1) is 17.6. The number of anilines is 3. The molecule has 1 heterocycles. The molecule has 26 heavy (non-hydrogen) atoms. The molecule has 3 amide bonds. The second-order valence-electron chi connectivity index (χ2n) is 5.34. The first-order chi connectivity index (χ1) is 12.5. The smallest absolute Gasteiger partial charge is 0.321 e. The molecule has 0 unspecified atom stereocenters. The Morgan fingerprint density at radius 2 is 1.69 bits per heavy atom. The Bertz CT molecular complexity index is 943. The van der Waals surface area contributed by atoms with Crippen molar-refractivity contribution in [1.82, 2.24) is 4.98 Å². The molecule has 0 aliphatic heterocycles. The fourth-order valence-electron chi connectivity index (χ4n) is 2.20. The molecule has 0 radical (unpaired) electrons. The number of urea groups is 1. The van der Waals surface area contributed by atoms with Gasteiger partial charge in [0.25, 0.3) is 5.91 Å². The lowest BCUT2D eigenvalue weighted by molar-refractivity contribution is 0.103. The van der Waals surface area contributed by atoms with E-state index in [2.05, 4.69) is 20.9 Å². The maximum atomic E-state index is 13.2. The maximum Gasteiger partial charge on any atom is 0.325 e. The van der Waals surface area contributed by atoms with Crippen LogP contribution in [0.4, 0.5) is 25.7 Å². The van der Waals surface area contributed by atoms with Crippen LogP contribution in [-0.4, -0.2) is 16.9 Å². The first-order valence-electron chi connectivity index (χ1n) is 7.68. The second kappa shape index (κ2) is 7.75. The molecule has 0 fully saturated rings. The van der Waals surface area contributed by atoms with Crippen LogP contribution < -0.4 is 16.0 Å². The van der Waals surface area contributed by atoms with Crippen LogP contribution in [0, 0.1) is 12.7 Å². The molecule has 1 aromatic heterocycles. The van der Waals surface area contributed by atoms with Gasteiger partial charge in [-0.2, -0.15) is 0 Å². The molecule has 0 bridgehead atoms. The van der Waals surface area contributed by atoms with E-state index < -0.39 is 17.8 Å².